The number of rotatable bonds is 3. The number of aromatic nitrogens is 4. The molecule has 0 radical (unpaired) electrons. The maximum Gasteiger partial charge on any atom is 0.351 e. The first-order valence-electron chi connectivity index (χ1n) is 6.25. The van der Waals surface area contributed by atoms with Gasteiger partial charge < -0.3 is 4.74 Å². The summed E-state index contributed by atoms with van der Waals surface area (Å²) >= 11 is 0. The quantitative estimate of drug-likeness (QED) is 0.576. The number of carbonyl (C=O) groups excluding carboxylic acids is 1. The molecule has 0 saturated carbocycles. The van der Waals surface area contributed by atoms with E-state index >= 15 is 0 Å². The molecule has 0 amide bonds. The lowest BCUT2D eigenvalue weighted by molar-refractivity contribution is -0.683. The van der Waals surface area contributed by atoms with Gasteiger partial charge in [-0.3, -0.25) is 13.9 Å². The summed E-state index contributed by atoms with van der Waals surface area (Å²) in [5, 5.41) is 0. The van der Waals surface area contributed by atoms with Gasteiger partial charge in [-0.25, -0.2) is 19.1 Å². The molecule has 2 aromatic rings. The Kier molecular flexibility index (Phi) is 3.47. The summed E-state index contributed by atoms with van der Waals surface area (Å²) in [6.07, 6.45) is 1.49. The fourth-order valence-corrected chi connectivity index (χ4v) is 2.10. The summed E-state index contributed by atoms with van der Waals surface area (Å²) < 4.78 is 8.76. The van der Waals surface area contributed by atoms with Gasteiger partial charge in [-0.1, -0.05) is 0 Å². The van der Waals surface area contributed by atoms with Crippen LogP contribution in [0.4, 0.5) is 0 Å². The monoisotopic (exact) mass is 281 g/mol. The van der Waals surface area contributed by atoms with Crippen molar-refractivity contribution in [3.05, 3.63) is 27.2 Å². The molecule has 0 spiro atoms. The SMILES string of the molecule is CCOC(=O)C(C)[n+]1c[nH]c2c1c(=O)n(C)c(=O)n2C. The summed E-state index contributed by atoms with van der Waals surface area (Å²) in [5.74, 6) is -0.436. The number of ether oxygens (including phenoxy) is 1. The smallest absolute Gasteiger partial charge is 0.351 e. The van der Waals surface area contributed by atoms with Crippen LogP contribution in [0.3, 0.4) is 0 Å². The van der Waals surface area contributed by atoms with Crippen molar-refractivity contribution in [2.45, 2.75) is 19.9 Å². The Balaban J connectivity index is 2.72. The first kappa shape index (κ1) is 14.0. The third kappa shape index (κ3) is 1.93. The Morgan fingerprint density at radius 2 is 2.05 bits per heavy atom. The number of aryl methyl sites for hydroxylation is 1. The van der Waals surface area contributed by atoms with Gasteiger partial charge in [0.25, 0.3) is 11.2 Å². The molecule has 1 atom stereocenters. The van der Waals surface area contributed by atoms with E-state index in [-0.39, 0.29) is 12.1 Å². The Bertz CT molecular complexity index is 783. The second-order valence-electron chi connectivity index (χ2n) is 4.51. The molecule has 0 aliphatic carbocycles. The number of hydrogen-bond acceptors (Lipinski definition) is 4. The van der Waals surface area contributed by atoms with Crippen LogP contribution in [0.2, 0.25) is 0 Å². The van der Waals surface area contributed by atoms with Gasteiger partial charge in [-0.15, -0.1) is 0 Å². The normalized spacial score (nSPS) is 12.6. The topological polar surface area (TPSA) is 90.0 Å². The minimum absolute atomic E-state index is 0.259. The minimum Gasteiger partial charge on any atom is -0.463 e. The van der Waals surface area contributed by atoms with Crippen molar-refractivity contribution in [3.8, 4) is 0 Å². The van der Waals surface area contributed by atoms with Gasteiger partial charge in [0, 0.05) is 14.1 Å². The van der Waals surface area contributed by atoms with E-state index in [1.54, 1.807) is 20.9 Å². The average molecular weight is 281 g/mol. The summed E-state index contributed by atoms with van der Waals surface area (Å²) in [5.41, 5.74) is -0.259. The summed E-state index contributed by atoms with van der Waals surface area (Å²) in [4.78, 5) is 38.7. The molecule has 0 fully saturated rings. The summed E-state index contributed by atoms with van der Waals surface area (Å²) in [6, 6.07) is -0.658. The van der Waals surface area contributed by atoms with Crippen molar-refractivity contribution in [3.63, 3.8) is 0 Å². The molecule has 8 heteroatoms. The molecule has 0 aliphatic heterocycles. The molecule has 2 aromatic heterocycles. The van der Waals surface area contributed by atoms with Gasteiger partial charge in [-0.05, 0) is 13.8 Å². The highest BCUT2D eigenvalue weighted by Gasteiger charge is 2.28. The highest BCUT2D eigenvalue weighted by molar-refractivity contribution is 5.73. The van der Waals surface area contributed by atoms with Gasteiger partial charge in [0.2, 0.25) is 6.33 Å². The molecule has 2 rings (SSSR count). The number of nitrogens with one attached hydrogen (secondary N) is 1. The molecular weight excluding hydrogens is 264 g/mol. The average Bonchev–Trinajstić information content (AvgIpc) is 2.87. The zero-order valence-corrected chi connectivity index (χ0v) is 11.8. The van der Waals surface area contributed by atoms with Crippen molar-refractivity contribution < 1.29 is 14.1 Å². The Morgan fingerprint density at radius 3 is 2.65 bits per heavy atom. The largest absolute Gasteiger partial charge is 0.463 e. The van der Waals surface area contributed by atoms with Crippen LogP contribution in [-0.4, -0.2) is 26.7 Å². The second kappa shape index (κ2) is 4.95. The molecule has 20 heavy (non-hydrogen) atoms. The van der Waals surface area contributed by atoms with Crippen molar-refractivity contribution in [2.24, 2.45) is 14.1 Å². The summed E-state index contributed by atoms with van der Waals surface area (Å²) in [6.45, 7) is 3.62. The number of aromatic amines is 1. The number of hydrogen-bond donors (Lipinski definition) is 1. The lowest BCUT2D eigenvalue weighted by Gasteiger charge is -2.08. The van der Waals surface area contributed by atoms with Crippen LogP contribution in [0.5, 0.6) is 0 Å². The van der Waals surface area contributed by atoms with Gasteiger partial charge in [0.1, 0.15) is 0 Å². The van der Waals surface area contributed by atoms with E-state index in [2.05, 4.69) is 4.98 Å². The zero-order chi connectivity index (χ0) is 15.0. The molecule has 1 unspecified atom stereocenters. The highest BCUT2D eigenvalue weighted by atomic mass is 16.5. The van der Waals surface area contributed by atoms with Gasteiger partial charge in [0.15, 0.2) is 6.04 Å². The zero-order valence-electron chi connectivity index (χ0n) is 11.8. The Hall–Kier alpha value is -2.38. The van der Waals surface area contributed by atoms with Crippen LogP contribution in [-0.2, 0) is 23.6 Å². The molecule has 0 aromatic carbocycles. The molecule has 2 heterocycles. The third-order valence-corrected chi connectivity index (χ3v) is 3.28. The van der Waals surface area contributed by atoms with Crippen molar-refractivity contribution >= 4 is 17.1 Å². The molecule has 108 valence electrons. The molecule has 0 saturated heterocycles. The van der Waals surface area contributed by atoms with Gasteiger partial charge in [0.05, 0.1) is 6.61 Å². The Labute approximate surface area is 114 Å². The first-order chi connectivity index (χ1) is 9.40. The van der Waals surface area contributed by atoms with E-state index in [1.165, 1.54) is 22.5 Å². The number of H-pyrrole nitrogens is 1. The maximum atomic E-state index is 12.2. The van der Waals surface area contributed by atoms with Crippen LogP contribution in [0.15, 0.2) is 15.9 Å². The van der Waals surface area contributed by atoms with E-state index in [0.29, 0.717) is 5.65 Å². The second-order valence-corrected chi connectivity index (χ2v) is 4.51. The van der Waals surface area contributed by atoms with Crippen molar-refractivity contribution in [1.82, 2.24) is 14.1 Å². The van der Waals surface area contributed by atoms with Crippen LogP contribution < -0.4 is 15.8 Å². The summed E-state index contributed by atoms with van der Waals surface area (Å²) in [7, 11) is 2.95. The standard InChI is InChI=1S/C12H16N4O4/c1-5-20-11(18)7(2)16-6-13-9-8(16)10(17)15(4)12(19)14(9)3/h6-7H,5H2,1-4H3/p+1. The Morgan fingerprint density at radius 1 is 1.40 bits per heavy atom. The van der Waals surface area contributed by atoms with Crippen LogP contribution in [0.25, 0.3) is 11.2 Å². The van der Waals surface area contributed by atoms with Crippen LogP contribution in [0.1, 0.15) is 19.9 Å². The third-order valence-electron chi connectivity index (χ3n) is 3.28. The number of imidazole rings is 1. The van der Waals surface area contributed by atoms with Gasteiger partial charge in [-0.2, -0.15) is 0 Å². The van der Waals surface area contributed by atoms with Crippen LogP contribution in [0, 0.1) is 0 Å². The fraction of sp³-hybridized carbons (Fsp3) is 0.500. The van der Waals surface area contributed by atoms with E-state index in [9.17, 15) is 14.4 Å². The predicted octanol–water partition coefficient (Wildman–Crippen LogP) is -1.02. The molecule has 0 aliphatic rings. The first-order valence-corrected chi connectivity index (χ1v) is 6.25. The minimum atomic E-state index is -0.658. The van der Waals surface area contributed by atoms with Crippen molar-refractivity contribution in [2.75, 3.05) is 6.61 Å². The lowest BCUT2D eigenvalue weighted by atomic mass is 10.3. The number of carbonyl (C=O) groups is 1. The van der Waals surface area contributed by atoms with Gasteiger partial charge >= 0.3 is 17.2 Å². The number of esters is 1. The maximum absolute atomic E-state index is 12.2. The molecular formula is C12H17N4O4+. The predicted molar refractivity (Wildman–Crippen MR) is 70.3 cm³/mol. The number of fused-ring (bicyclic) bond motifs is 1. The molecule has 8 nitrogen and oxygen atoms in total. The molecule has 1 N–H and O–H groups in total. The fourth-order valence-electron chi connectivity index (χ4n) is 2.10. The van der Waals surface area contributed by atoms with E-state index in [0.717, 1.165) is 4.57 Å². The van der Waals surface area contributed by atoms with E-state index in [4.69, 9.17) is 4.74 Å². The number of nitrogens with zero attached hydrogens (tertiary/aromatic N) is 3. The lowest BCUT2D eigenvalue weighted by Crippen LogP contribution is -2.47. The van der Waals surface area contributed by atoms with Crippen molar-refractivity contribution in [1.29, 1.82) is 0 Å². The highest BCUT2D eigenvalue weighted by Crippen LogP contribution is 2.04. The van der Waals surface area contributed by atoms with E-state index in [1.807, 2.05) is 0 Å². The van der Waals surface area contributed by atoms with E-state index < -0.39 is 23.3 Å². The molecule has 0 bridgehead atoms. The van der Waals surface area contributed by atoms with Crippen LogP contribution >= 0.6 is 0 Å².